The number of aromatic nitrogens is 1. The van der Waals surface area contributed by atoms with E-state index in [0.717, 1.165) is 5.02 Å². The molecule has 1 atom stereocenters. The van der Waals surface area contributed by atoms with E-state index >= 15 is 0 Å². The molecule has 0 radical (unpaired) electrons. The lowest BCUT2D eigenvalue weighted by atomic mass is 9.98. The molecule has 0 saturated carbocycles. The average molecular weight is 348 g/mol. The number of hydrogen-bond donors (Lipinski definition) is 0. The lowest BCUT2D eigenvalue weighted by Gasteiger charge is -2.13. The lowest BCUT2D eigenvalue weighted by Crippen LogP contribution is -2.07. The molecule has 0 fully saturated rings. The van der Waals surface area contributed by atoms with Crippen LogP contribution in [0.4, 0.5) is 0 Å². The molecule has 1 unspecified atom stereocenters. The van der Waals surface area contributed by atoms with Gasteiger partial charge in [0.1, 0.15) is 0 Å². The van der Waals surface area contributed by atoms with Crippen molar-refractivity contribution in [2.45, 2.75) is 0 Å². The molecule has 1 aromatic heterocycles. The molecule has 0 spiro atoms. The lowest BCUT2D eigenvalue weighted by molar-refractivity contribution is 1.35. The smallest absolute Gasteiger partial charge is 0.0412 e. The highest BCUT2D eigenvalue weighted by Crippen LogP contribution is 2.31. The van der Waals surface area contributed by atoms with Crippen LogP contribution < -0.4 is 10.6 Å². The van der Waals surface area contributed by atoms with Crippen molar-refractivity contribution in [1.29, 1.82) is 0 Å². The summed E-state index contributed by atoms with van der Waals surface area (Å²) in [5.74, 6) is 0. The zero-order valence-corrected chi connectivity index (χ0v) is 14.7. The molecule has 4 aromatic rings. The molecule has 1 nitrogen and oxygen atoms in total. The van der Waals surface area contributed by atoms with Crippen LogP contribution >= 0.6 is 20.2 Å². The van der Waals surface area contributed by atoms with Gasteiger partial charge in [-0.05, 0) is 50.7 Å². The first kappa shape index (κ1) is 15.3. The van der Waals surface area contributed by atoms with E-state index in [1.807, 2.05) is 24.5 Å². The van der Waals surface area contributed by atoms with E-state index in [1.165, 1.54) is 32.5 Å². The Morgan fingerprint density at radius 3 is 2.54 bits per heavy atom. The topological polar surface area (TPSA) is 12.9 Å². The largest absolute Gasteiger partial charge is 0.264 e. The van der Waals surface area contributed by atoms with Crippen molar-refractivity contribution < 1.29 is 0 Å². The predicted octanol–water partition coefficient (Wildman–Crippen LogP) is 5.18. The number of pyridine rings is 1. The van der Waals surface area contributed by atoms with Gasteiger partial charge in [-0.2, -0.15) is 0 Å². The standard InChI is InChI=1S/C21H15ClNP/c22-16-10-11-21(24-17-7-4-12-23-14-17)20(13-16)19-9-3-6-15-5-1-2-8-18(15)19/h1-14,24H. The Labute approximate surface area is 148 Å². The summed E-state index contributed by atoms with van der Waals surface area (Å²) in [6.45, 7) is 0. The second-order valence-electron chi connectivity index (χ2n) is 5.58. The first-order valence-electron chi connectivity index (χ1n) is 7.76. The third-order valence-electron chi connectivity index (χ3n) is 4.00. The molecule has 0 saturated heterocycles. The minimum atomic E-state index is 0.547. The van der Waals surface area contributed by atoms with Crippen LogP contribution in [0.1, 0.15) is 0 Å². The van der Waals surface area contributed by atoms with Crippen LogP contribution in [-0.4, -0.2) is 4.98 Å². The van der Waals surface area contributed by atoms with Crippen molar-refractivity contribution >= 4 is 41.6 Å². The zero-order valence-electron chi connectivity index (χ0n) is 12.9. The Kier molecular flexibility index (Phi) is 4.30. The van der Waals surface area contributed by atoms with Gasteiger partial charge in [0.25, 0.3) is 0 Å². The normalized spacial score (nSPS) is 11.4. The van der Waals surface area contributed by atoms with Crippen LogP contribution in [0.3, 0.4) is 0 Å². The van der Waals surface area contributed by atoms with Gasteiger partial charge in [-0.25, -0.2) is 0 Å². The van der Waals surface area contributed by atoms with Crippen LogP contribution in [0.2, 0.25) is 5.02 Å². The molecule has 0 amide bonds. The molecule has 0 aliphatic rings. The molecule has 0 bridgehead atoms. The number of nitrogens with zero attached hydrogens (tertiary/aromatic N) is 1. The van der Waals surface area contributed by atoms with Gasteiger partial charge in [-0.3, -0.25) is 4.98 Å². The minimum Gasteiger partial charge on any atom is -0.264 e. The fourth-order valence-corrected chi connectivity index (χ4v) is 4.21. The van der Waals surface area contributed by atoms with E-state index < -0.39 is 0 Å². The van der Waals surface area contributed by atoms with Gasteiger partial charge in [-0.1, -0.05) is 74.8 Å². The fourth-order valence-electron chi connectivity index (χ4n) is 2.90. The highest BCUT2D eigenvalue weighted by atomic mass is 35.5. The summed E-state index contributed by atoms with van der Waals surface area (Å²) in [5.41, 5.74) is 2.42. The number of rotatable bonds is 3. The Balaban J connectivity index is 1.89. The maximum absolute atomic E-state index is 6.31. The van der Waals surface area contributed by atoms with Crippen LogP contribution in [0.25, 0.3) is 21.9 Å². The molecule has 0 aliphatic heterocycles. The van der Waals surface area contributed by atoms with Gasteiger partial charge >= 0.3 is 0 Å². The third kappa shape index (κ3) is 3.06. The highest BCUT2D eigenvalue weighted by molar-refractivity contribution is 7.55. The van der Waals surface area contributed by atoms with E-state index in [4.69, 9.17) is 11.6 Å². The molecule has 3 aromatic carbocycles. The van der Waals surface area contributed by atoms with Crippen molar-refractivity contribution in [1.82, 2.24) is 4.98 Å². The Bertz CT molecular complexity index is 994. The molecule has 0 N–H and O–H groups in total. The Morgan fingerprint density at radius 1 is 0.792 bits per heavy atom. The highest BCUT2D eigenvalue weighted by Gasteiger charge is 2.10. The predicted molar refractivity (Wildman–Crippen MR) is 106 cm³/mol. The van der Waals surface area contributed by atoms with Crippen molar-refractivity contribution in [3.63, 3.8) is 0 Å². The van der Waals surface area contributed by atoms with E-state index in [1.54, 1.807) is 0 Å². The summed E-state index contributed by atoms with van der Waals surface area (Å²) >= 11 is 6.31. The monoisotopic (exact) mass is 347 g/mol. The number of fused-ring (bicyclic) bond motifs is 1. The van der Waals surface area contributed by atoms with Crippen molar-refractivity contribution in [3.05, 3.63) is 90.2 Å². The van der Waals surface area contributed by atoms with E-state index in [-0.39, 0.29) is 0 Å². The average Bonchev–Trinajstić information content (AvgIpc) is 2.64. The van der Waals surface area contributed by atoms with Crippen molar-refractivity contribution in [2.24, 2.45) is 0 Å². The summed E-state index contributed by atoms with van der Waals surface area (Å²) in [6, 6.07) is 25.2. The van der Waals surface area contributed by atoms with Gasteiger partial charge in [0, 0.05) is 17.4 Å². The minimum absolute atomic E-state index is 0.547. The second-order valence-corrected chi connectivity index (χ2v) is 7.39. The Hall–Kier alpha value is -2.21. The number of hydrogen-bond acceptors (Lipinski definition) is 1. The number of benzene rings is 3. The second kappa shape index (κ2) is 6.73. The maximum atomic E-state index is 6.31. The summed E-state index contributed by atoms with van der Waals surface area (Å²) < 4.78 is 0. The van der Waals surface area contributed by atoms with Gasteiger partial charge in [-0.15, -0.1) is 0 Å². The van der Waals surface area contributed by atoms with Crippen LogP contribution in [-0.2, 0) is 0 Å². The summed E-state index contributed by atoms with van der Waals surface area (Å²) in [4.78, 5) is 4.23. The fraction of sp³-hybridized carbons (Fsp3) is 0. The maximum Gasteiger partial charge on any atom is 0.0412 e. The molecular weight excluding hydrogens is 333 g/mol. The van der Waals surface area contributed by atoms with E-state index in [0.29, 0.717) is 8.58 Å². The molecule has 116 valence electrons. The summed E-state index contributed by atoms with van der Waals surface area (Å²) in [5, 5.41) is 5.76. The molecular formula is C21H15ClNP. The molecule has 3 heteroatoms. The van der Waals surface area contributed by atoms with Gasteiger partial charge in [0.05, 0.1) is 0 Å². The number of halogens is 1. The first-order chi connectivity index (χ1) is 11.8. The molecule has 24 heavy (non-hydrogen) atoms. The van der Waals surface area contributed by atoms with Crippen molar-refractivity contribution in [3.8, 4) is 11.1 Å². The SMILES string of the molecule is Clc1ccc(Pc2cccnc2)c(-c2cccc3ccccc23)c1. The van der Waals surface area contributed by atoms with Gasteiger partial charge < -0.3 is 0 Å². The van der Waals surface area contributed by atoms with E-state index in [2.05, 4.69) is 65.6 Å². The molecule has 0 aliphatic carbocycles. The summed E-state index contributed by atoms with van der Waals surface area (Å²) in [7, 11) is 0.547. The molecule has 4 rings (SSSR count). The Morgan fingerprint density at radius 2 is 1.67 bits per heavy atom. The summed E-state index contributed by atoms with van der Waals surface area (Å²) in [6.07, 6.45) is 3.74. The van der Waals surface area contributed by atoms with Crippen LogP contribution in [0, 0.1) is 0 Å². The first-order valence-corrected chi connectivity index (χ1v) is 9.14. The van der Waals surface area contributed by atoms with Gasteiger partial charge in [0.2, 0.25) is 0 Å². The third-order valence-corrected chi connectivity index (χ3v) is 5.53. The molecule has 1 heterocycles. The van der Waals surface area contributed by atoms with Crippen LogP contribution in [0.15, 0.2) is 85.2 Å². The zero-order chi connectivity index (χ0) is 16.4. The van der Waals surface area contributed by atoms with E-state index in [9.17, 15) is 0 Å². The van der Waals surface area contributed by atoms with Crippen molar-refractivity contribution in [2.75, 3.05) is 0 Å². The van der Waals surface area contributed by atoms with Crippen LogP contribution in [0.5, 0.6) is 0 Å². The quantitative estimate of drug-likeness (QED) is 0.465. The van der Waals surface area contributed by atoms with Gasteiger partial charge in [0.15, 0.2) is 0 Å².